The number of aromatic nitrogens is 1. The number of aryl methyl sites for hydroxylation is 1. The fourth-order valence-electron chi connectivity index (χ4n) is 6.61. The zero-order valence-corrected chi connectivity index (χ0v) is 28.7. The van der Waals surface area contributed by atoms with E-state index < -0.39 is 106 Å². The minimum absolute atomic E-state index is 0.00358. The SMILES string of the molecule is Cn1cccc1C(=O)[N+](C)(C1=C2NC(=O)N=C(c3ccc(S(=O)(=O)O)cc31)C2S(=O)(=O)O)C1(S(=O)(=O)O)C=Cc2cc(S(=O)(=O)O)ccc2C1. The molecule has 50 heavy (non-hydrogen) atoms. The number of amides is 3. The molecule has 264 valence electrons. The van der Waals surface area contributed by atoms with E-state index in [0.29, 0.717) is 0 Å². The topological polar surface area (TPSA) is 281 Å². The molecule has 6 rings (SSSR count). The Labute approximate surface area is 284 Å². The molecule has 3 aromatic rings. The van der Waals surface area contributed by atoms with Crippen molar-refractivity contribution >= 4 is 69.9 Å². The van der Waals surface area contributed by atoms with Crippen LogP contribution in [-0.2, 0) is 53.9 Å². The van der Waals surface area contributed by atoms with Crippen molar-refractivity contribution in [3.8, 4) is 0 Å². The van der Waals surface area contributed by atoms with Crippen LogP contribution in [0, 0.1) is 0 Å². The summed E-state index contributed by atoms with van der Waals surface area (Å²) in [6.07, 6.45) is 2.41. The molecule has 3 amide bonds. The van der Waals surface area contributed by atoms with Crippen LogP contribution < -0.4 is 5.32 Å². The number of quaternary nitrogens is 1. The van der Waals surface area contributed by atoms with Gasteiger partial charge >= 0.3 is 22.1 Å². The summed E-state index contributed by atoms with van der Waals surface area (Å²) in [5.41, 5.74) is -3.22. The van der Waals surface area contributed by atoms with Gasteiger partial charge in [-0.05, 0) is 53.6 Å². The molecule has 5 N–H and O–H groups in total. The number of hydrogen-bond acceptors (Lipinski definition) is 10. The van der Waals surface area contributed by atoms with Crippen LogP contribution in [-0.4, -0.2) is 95.8 Å². The van der Waals surface area contributed by atoms with Crippen LogP contribution in [0.25, 0.3) is 11.8 Å². The van der Waals surface area contributed by atoms with Crippen molar-refractivity contribution in [1.29, 1.82) is 0 Å². The lowest BCUT2D eigenvalue weighted by Crippen LogP contribution is -2.69. The molecule has 18 nitrogen and oxygen atoms in total. The Morgan fingerprint density at radius 2 is 1.54 bits per heavy atom. The molecular weight excluding hydrogens is 745 g/mol. The number of carbonyl (C=O) groups excluding carboxylic acids is 2. The number of likely N-dealkylation sites (N-methyl/N-ethyl adjacent to an activating group) is 1. The quantitative estimate of drug-likeness (QED) is 0.166. The first-order chi connectivity index (χ1) is 22.9. The van der Waals surface area contributed by atoms with E-state index in [0.717, 1.165) is 55.6 Å². The minimum atomic E-state index is -5.63. The second kappa shape index (κ2) is 11.1. The molecule has 3 atom stereocenters. The Balaban J connectivity index is 1.82. The van der Waals surface area contributed by atoms with Crippen molar-refractivity contribution in [2.75, 3.05) is 7.05 Å². The Bertz CT molecular complexity index is 2620. The Morgan fingerprint density at radius 1 is 0.920 bits per heavy atom. The molecule has 1 aliphatic heterocycles. The molecule has 2 heterocycles. The molecule has 0 saturated heterocycles. The zero-order valence-electron chi connectivity index (χ0n) is 25.5. The number of benzene rings is 2. The van der Waals surface area contributed by atoms with Crippen LogP contribution in [0.1, 0.15) is 32.7 Å². The van der Waals surface area contributed by atoms with Gasteiger partial charge in [0.15, 0.2) is 10.9 Å². The molecule has 0 radical (unpaired) electrons. The lowest BCUT2D eigenvalue weighted by Gasteiger charge is -2.49. The third-order valence-electron chi connectivity index (χ3n) is 8.95. The third-order valence-corrected chi connectivity index (χ3v) is 13.2. The lowest BCUT2D eigenvalue weighted by atomic mass is 9.84. The van der Waals surface area contributed by atoms with Gasteiger partial charge in [0.2, 0.25) is 0 Å². The number of nitrogens with zero attached hydrogens (tertiary/aromatic N) is 3. The molecule has 0 spiro atoms. The normalized spacial score (nSPS) is 21.8. The summed E-state index contributed by atoms with van der Waals surface area (Å²) in [6.45, 7) is 0. The van der Waals surface area contributed by atoms with E-state index in [1.165, 1.54) is 29.9 Å². The fraction of sp³-hybridized carbons (Fsp3) is 0.179. The highest BCUT2D eigenvalue weighted by Gasteiger charge is 2.67. The van der Waals surface area contributed by atoms with Gasteiger partial charge in [-0.25, -0.2) is 14.1 Å². The van der Waals surface area contributed by atoms with Gasteiger partial charge in [0, 0.05) is 24.4 Å². The average Bonchev–Trinajstić information content (AvgIpc) is 3.42. The first kappa shape index (κ1) is 35.4. The molecule has 22 heteroatoms. The number of nitrogens with one attached hydrogen (secondary N) is 1. The second-order valence-electron chi connectivity index (χ2n) is 11.7. The van der Waals surface area contributed by atoms with Crippen LogP contribution in [0.2, 0.25) is 0 Å². The first-order valence-corrected chi connectivity index (χ1v) is 19.8. The average molecular weight is 770 g/mol. The molecule has 0 saturated carbocycles. The van der Waals surface area contributed by atoms with Crippen LogP contribution in [0.4, 0.5) is 4.79 Å². The summed E-state index contributed by atoms with van der Waals surface area (Å²) in [6, 6.07) is 6.99. The summed E-state index contributed by atoms with van der Waals surface area (Å²) in [5.74, 6) is -1.18. The van der Waals surface area contributed by atoms with Gasteiger partial charge in [0.05, 0.1) is 29.0 Å². The van der Waals surface area contributed by atoms with E-state index in [9.17, 15) is 56.7 Å². The maximum Gasteiger partial charge on any atom is 0.368 e. The summed E-state index contributed by atoms with van der Waals surface area (Å²) in [5, 5.41) is -0.126. The monoisotopic (exact) mass is 769 g/mol. The van der Waals surface area contributed by atoms with Crippen molar-refractivity contribution in [3.63, 3.8) is 0 Å². The van der Waals surface area contributed by atoms with Gasteiger partial charge in [-0.1, -0.05) is 18.2 Å². The lowest BCUT2D eigenvalue weighted by molar-refractivity contribution is -0.788. The highest BCUT2D eigenvalue weighted by molar-refractivity contribution is 7.88. The fourth-order valence-corrected chi connectivity index (χ4v) is 9.78. The zero-order chi connectivity index (χ0) is 37.0. The van der Waals surface area contributed by atoms with Crippen molar-refractivity contribution in [2.45, 2.75) is 26.3 Å². The van der Waals surface area contributed by atoms with E-state index >= 15 is 4.79 Å². The van der Waals surface area contributed by atoms with E-state index in [4.69, 9.17) is 0 Å². The molecule has 3 aliphatic rings. The molecular formula is C28H25N4O14S4+. The number of carbonyl (C=O) groups is 2. The highest BCUT2D eigenvalue weighted by atomic mass is 32.2. The van der Waals surface area contributed by atoms with Gasteiger partial charge in [-0.15, -0.1) is 0 Å². The maximum absolute atomic E-state index is 15.1. The predicted octanol–water partition coefficient (Wildman–Crippen LogP) is 1.11. The number of fused-ring (bicyclic) bond motifs is 5. The predicted molar refractivity (Wildman–Crippen MR) is 173 cm³/mol. The van der Waals surface area contributed by atoms with E-state index in [-0.39, 0.29) is 22.4 Å². The van der Waals surface area contributed by atoms with Crippen molar-refractivity contribution in [2.24, 2.45) is 12.0 Å². The van der Waals surface area contributed by atoms with Gasteiger partial charge in [-0.2, -0.15) is 38.7 Å². The van der Waals surface area contributed by atoms with E-state index in [1.54, 1.807) is 0 Å². The molecule has 0 fully saturated rings. The summed E-state index contributed by atoms with van der Waals surface area (Å²) in [7, 11) is -18.4. The summed E-state index contributed by atoms with van der Waals surface area (Å²) in [4.78, 5) is 27.4. The van der Waals surface area contributed by atoms with E-state index in [1.807, 2.05) is 0 Å². The van der Waals surface area contributed by atoms with Gasteiger partial charge < -0.3 is 9.88 Å². The van der Waals surface area contributed by atoms with E-state index in [2.05, 4.69) is 10.3 Å². The highest BCUT2D eigenvalue weighted by Crippen LogP contribution is 2.50. The summed E-state index contributed by atoms with van der Waals surface area (Å²) >= 11 is 0. The number of rotatable bonds is 7. The molecule has 1 aromatic heterocycles. The smallest absolute Gasteiger partial charge is 0.343 e. The standard InChI is InChI=1S/C28H24N4O14S4/c1-31-11-3-4-21(31)26(33)32(2,28(50(44,45)46)10-9-15-12-17(47(35,36)37)6-5-16(15)14-28)24-20-13-18(48(38,39)40)7-8-19(20)22-25(49(41,42)43)23(24)30-27(34)29-22/h3-13,25H,14H2,1-2H3,(H4-,29,30,34,35,36,37,38,39,40,41,42,43,44,45,46)/p+1. The largest absolute Gasteiger partial charge is 0.368 e. The molecule has 3 unspecified atom stereocenters. The van der Waals surface area contributed by atoms with Gasteiger partial charge in [0.25, 0.3) is 35.2 Å². The number of aliphatic imine (C=N–C) groups is 1. The minimum Gasteiger partial charge on any atom is -0.343 e. The number of urea groups is 1. The Hall–Kier alpha value is -4.39. The van der Waals surface area contributed by atoms with Crippen LogP contribution >= 0.6 is 0 Å². The van der Waals surface area contributed by atoms with Crippen LogP contribution in [0.5, 0.6) is 0 Å². The van der Waals surface area contributed by atoms with Gasteiger partial charge in [-0.3, -0.25) is 18.2 Å². The number of hydrogen-bond donors (Lipinski definition) is 5. The molecule has 2 bridgehead atoms. The molecule has 2 aliphatic carbocycles. The van der Waals surface area contributed by atoms with Crippen molar-refractivity contribution in [1.82, 2.24) is 9.88 Å². The third kappa shape index (κ3) is 5.27. The Kier molecular flexibility index (Phi) is 7.83. The van der Waals surface area contributed by atoms with Gasteiger partial charge in [0.1, 0.15) is 11.4 Å². The molecule has 2 aromatic carbocycles. The Morgan fingerprint density at radius 3 is 2.10 bits per heavy atom. The van der Waals surface area contributed by atoms with Crippen molar-refractivity contribution < 1.29 is 66.0 Å². The second-order valence-corrected chi connectivity index (χ2v) is 17.7. The van der Waals surface area contributed by atoms with Crippen LogP contribution in [0.15, 0.2) is 81.3 Å². The summed E-state index contributed by atoms with van der Waals surface area (Å²) < 4.78 is 143. The first-order valence-electron chi connectivity index (χ1n) is 13.9. The van der Waals surface area contributed by atoms with Crippen molar-refractivity contribution in [3.05, 3.63) is 94.4 Å². The maximum atomic E-state index is 15.1. The van der Waals surface area contributed by atoms with Crippen LogP contribution in [0.3, 0.4) is 0 Å².